The Bertz CT molecular complexity index is 143. The molecule has 0 aliphatic heterocycles. The summed E-state index contributed by atoms with van der Waals surface area (Å²) in [6.45, 7) is 9.66. The molecule has 1 heteroatoms. The van der Waals surface area contributed by atoms with E-state index in [2.05, 4.69) is 6.58 Å². The van der Waals surface area contributed by atoms with Gasteiger partial charge in [0.1, 0.15) is 0 Å². The minimum Gasteiger partial charge on any atom is -0.392 e. The van der Waals surface area contributed by atoms with E-state index < -0.39 is 0 Å². The van der Waals surface area contributed by atoms with E-state index in [1.54, 1.807) is 6.08 Å². The van der Waals surface area contributed by atoms with Crippen LogP contribution in [0.3, 0.4) is 0 Å². The maximum atomic E-state index is 9.45. The molecule has 64 valence electrons. The van der Waals surface area contributed by atoms with Crippen molar-refractivity contribution in [2.75, 3.05) is 0 Å². The fourth-order valence-electron chi connectivity index (χ4n) is 0.728. The monoisotopic (exact) mass is 154 g/mol. The van der Waals surface area contributed by atoms with Crippen molar-refractivity contribution in [3.05, 3.63) is 24.3 Å². The summed E-state index contributed by atoms with van der Waals surface area (Å²) < 4.78 is 0. The van der Waals surface area contributed by atoms with Crippen molar-refractivity contribution in [2.45, 2.75) is 33.3 Å². The second-order valence-corrected chi connectivity index (χ2v) is 3.18. The highest BCUT2D eigenvalue weighted by molar-refractivity contribution is 4.96. The first-order valence-corrected chi connectivity index (χ1v) is 4.02. The van der Waals surface area contributed by atoms with Gasteiger partial charge in [0, 0.05) is 0 Å². The average Bonchev–Trinajstić information content (AvgIpc) is 1.98. The van der Waals surface area contributed by atoms with E-state index in [4.69, 9.17) is 0 Å². The third-order valence-corrected chi connectivity index (χ3v) is 1.75. The molecular weight excluding hydrogens is 136 g/mol. The summed E-state index contributed by atoms with van der Waals surface area (Å²) in [4.78, 5) is 0. The largest absolute Gasteiger partial charge is 0.392 e. The molecule has 0 aromatic rings. The Labute approximate surface area is 69.4 Å². The first-order valence-electron chi connectivity index (χ1n) is 4.02. The van der Waals surface area contributed by atoms with Crippen LogP contribution in [0.25, 0.3) is 0 Å². The third kappa shape index (κ3) is 4.79. The molecule has 2 atom stereocenters. The molecule has 11 heavy (non-hydrogen) atoms. The first kappa shape index (κ1) is 10.4. The van der Waals surface area contributed by atoms with Gasteiger partial charge < -0.3 is 5.11 Å². The Morgan fingerprint density at radius 1 is 1.55 bits per heavy atom. The second kappa shape index (κ2) is 5.14. The van der Waals surface area contributed by atoms with Gasteiger partial charge in [-0.2, -0.15) is 0 Å². The summed E-state index contributed by atoms with van der Waals surface area (Å²) in [5.74, 6) is 0.186. The third-order valence-electron chi connectivity index (χ3n) is 1.75. The van der Waals surface area contributed by atoms with Gasteiger partial charge in [-0.25, -0.2) is 0 Å². The number of aliphatic hydroxyl groups excluding tert-OH is 1. The van der Waals surface area contributed by atoms with E-state index >= 15 is 0 Å². The minimum absolute atomic E-state index is 0.186. The number of hydrogen-bond acceptors (Lipinski definition) is 1. The van der Waals surface area contributed by atoms with Gasteiger partial charge in [0.25, 0.3) is 0 Å². The predicted molar refractivity (Wildman–Crippen MR) is 49.4 cm³/mol. The van der Waals surface area contributed by atoms with Crippen LogP contribution in [0.1, 0.15) is 27.2 Å². The Morgan fingerprint density at radius 3 is 2.45 bits per heavy atom. The van der Waals surface area contributed by atoms with Crippen LogP contribution in [0.4, 0.5) is 0 Å². The summed E-state index contributed by atoms with van der Waals surface area (Å²) in [5, 5.41) is 9.45. The van der Waals surface area contributed by atoms with Crippen LogP contribution in [0, 0.1) is 5.92 Å². The number of hydrogen-bond donors (Lipinski definition) is 1. The highest BCUT2D eigenvalue weighted by Crippen LogP contribution is 2.09. The fraction of sp³-hybridized carbons (Fsp3) is 0.600. The molecule has 0 saturated carbocycles. The van der Waals surface area contributed by atoms with Gasteiger partial charge in [-0.1, -0.05) is 24.6 Å². The van der Waals surface area contributed by atoms with Crippen LogP contribution < -0.4 is 0 Å². The molecule has 0 radical (unpaired) electrons. The van der Waals surface area contributed by atoms with Gasteiger partial charge in [-0.05, 0) is 26.2 Å². The van der Waals surface area contributed by atoms with Crippen molar-refractivity contribution in [1.82, 2.24) is 0 Å². The van der Waals surface area contributed by atoms with Crippen molar-refractivity contribution in [2.24, 2.45) is 5.92 Å². The van der Waals surface area contributed by atoms with Crippen molar-refractivity contribution >= 4 is 0 Å². The topological polar surface area (TPSA) is 20.2 Å². The minimum atomic E-state index is -0.276. The van der Waals surface area contributed by atoms with E-state index in [0.29, 0.717) is 0 Å². The van der Waals surface area contributed by atoms with Gasteiger partial charge in [-0.3, -0.25) is 0 Å². The molecule has 0 aliphatic rings. The van der Waals surface area contributed by atoms with E-state index in [-0.39, 0.29) is 12.0 Å². The lowest BCUT2D eigenvalue weighted by atomic mass is 10.0. The first-order chi connectivity index (χ1) is 5.07. The summed E-state index contributed by atoms with van der Waals surface area (Å²) in [6.07, 6.45) is 4.28. The lowest BCUT2D eigenvalue weighted by Gasteiger charge is -2.12. The smallest absolute Gasteiger partial charge is 0.0634 e. The average molecular weight is 154 g/mol. The van der Waals surface area contributed by atoms with E-state index in [1.165, 1.54) is 5.57 Å². The highest BCUT2D eigenvalue weighted by Gasteiger charge is 2.07. The molecule has 0 fully saturated rings. The zero-order valence-corrected chi connectivity index (χ0v) is 7.67. The molecule has 0 aromatic heterocycles. The maximum Gasteiger partial charge on any atom is 0.0634 e. The summed E-state index contributed by atoms with van der Waals surface area (Å²) in [7, 11) is 0. The Kier molecular flexibility index (Phi) is 4.88. The molecule has 0 spiro atoms. The molecule has 0 heterocycles. The van der Waals surface area contributed by atoms with Crippen molar-refractivity contribution in [1.29, 1.82) is 0 Å². The molecule has 0 aliphatic carbocycles. The van der Waals surface area contributed by atoms with Gasteiger partial charge in [0.15, 0.2) is 0 Å². The molecule has 1 N–H and O–H groups in total. The van der Waals surface area contributed by atoms with Crippen LogP contribution >= 0.6 is 0 Å². The van der Waals surface area contributed by atoms with E-state index in [9.17, 15) is 5.11 Å². The van der Waals surface area contributed by atoms with Crippen LogP contribution in [-0.4, -0.2) is 11.2 Å². The van der Waals surface area contributed by atoms with Crippen LogP contribution in [-0.2, 0) is 0 Å². The van der Waals surface area contributed by atoms with Crippen molar-refractivity contribution in [3.8, 4) is 0 Å². The van der Waals surface area contributed by atoms with Gasteiger partial charge >= 0.3 is 0 Å². The molecule has 0 unspecified atom stereocenters. The van der Waals surface area contributed by atoms with Crippen molar-refractivity contribution < 1.29 is 5.11 Å². The van der Waals surface area contributed by atoms with E-state index in [1.807, 2.05) is 26.8 Å². The van der Waals surface area contributed by atoms with Crippen LogP contribution in [0.15, 0.2) is 24.3 Å². The molecule has 0 aromatic carbocycles. The fourth-order valence-corrected chi connectivity index (χ4v) is 0.728. The molecule has 0 amide bonds. The molecule has 1 nitrogen and oxygen atoms in total. The van der Waals surface area contributed by atoms with E-state index in [0.717, 1.165) is 6.42 Å². The van der Waals surface area contributed by atoms with Crippen LogP contribution in [0.2, 0.25) is 0 Å². The van der Waals surface area contributed by atoms with Gasteiger partial charge in [0.05, 0.1) is 6.10 Å². The zero-order chi connectivity index (χ0) is 8.85. The number of allylic oxidation sites excluding steroid dienone is 1. The Balaban J connectivity index is 3.77. The predicted octanol–water partition coefficient (Wildman–Crippen LogP) is 2.53. The summed E-state index contributed by atoms with van der Waals surface area (Å²) in [5.41, 5.74) is 1.25. The second-order valence-electron chi connectivity index (χ2n) is 3.18. The lowest BCUT2D eigenvalue weighted by Crippen LogP contribution is -2.14. The summed E-state index contributed by atoms with van der Waals surface area (Å²) in [6, 6.07) is 0. The Morgan fingerprint density at radius 2 is 2.09 bits per heavy atom. The Hall–Kier alpha value is -0.560. The van der Waals surface area contributed by atoms with Crippen LogP contribution in [0.5, 0.6) is 0 Å². The zero-order valence-electron chi connectivity index (χ0n) is 7.67. The lowest BCUT2D eigenvalue weighted by molar-refractivity contribution is 0.141. The summed E-state index contributed by atoms with van der Waals surface area (Å²) >= 11 is 0. The standard InChI is InChI=1S/C10H18O/c1-5-9(4)10(11)7-6-8(2)3/h5-6,9-11H,1,7H2,2-4H3/t9-,10-/m1/s1. The molecule has 0 bridgehead atoms. The molecule has 0 rings (SSSR count). The molecular formula is C10H18O. The molecule has 0 saturated heterocycles. The maximum absolute atomic E-state index is 9.45. The van der Waals surface area contributed by atoms with Gasteiger partial charge in [-0.15, -0.1) is 6.58 Å². The van der Waals surface area contributed by atoms with Gasteiger partial charge in [0.2, 0.25) is 0 Å². The normalized spacial score (nSPS) is 15.3. The highest BCUT2D eigenvalue weighted by atomic mass is 16.3. The number of aliphatic hydroxyl groups is 1. The number of rotatable bonds is 4. The quantitative estimate of drug-likeness (QED) is 0.617. The van der Waals surface area contributed by atoms with Crippen molar-refractivity contribution in [3.63, 3.8) is 0 Å². The SMILES string of the molecule is C=C[C@@H](C)[C@H](O)CC=C(C)C.